The first kappa shape index (κ1) is 24.0. The average molecular weight is 533 g/mol. The number of phenols is 1. The van der Waals surface area contributed by atoms with Crippen LogP contribution in [0.3, 0.4) is 0 Å². The zero-order valence-electron chi connectivity index (χ0n) is 20.3. The highest BCUT2D eigenvalue weighted by molar-refractivity contribution is 6.37. The van der Waals surface area contributed by atoms with Crippen molar-refractivity contribution in [1.29, 1.82) is 0 Å². The number of aromatic hydroxyl groups is 1. The summed E-state index contributed by atoms with van der Waals surface area (Å²) in [5.74, 6) is 1.65. The first-order valence-electron chi connectivity index (χ1n) is 12.5. The summed E-state index contributed by atoms with van der Waals surface area (Å²) in [5.41, 5.74) is 4.44. The first-order chi connectivity index (χ1) is 17.9. The van der Waals surface area contributed by atoms with E-state index in [0.29, 0.717) is 17.2 Å². The lowest BCUT2D eigenvalue weighted by Gasteiger charge is -2.18. The number of carbonyl (C=O) groups excluding carboxylic acids is 1. The molecule has 37 heavy (non-hydrogen) atoms. The van der Waals surface area contributed by atoms with Gasteiger partial charge in [0.2, 0.25) is 0 Å². The molecule has 6 rings (SSSR count). The number of phenolic OH excluding ortho intramolecular Hbond substituents is 1. The maximum absolute atomic E-state index is 13.2. The lowest BCUT2D eigenvalue weighted by molar-refractivity contribution is 0.0968. The summed E-state index contributed by atoms with van der Waals surface area (Å²) < 4.78 is 0. The average Bonchev–Trinajstić information content (AvgIpc) is 3.67. The molecule has 2 aromatic carbocycles. The molecule has 0 spiro atoms. The molecule has 6 nitrogen and oxygen atoms in total. The number of nitrogens with zero attached hydrogens (tertiary/aromatic N) is 3. The standard InChI is InChI=1S/C29H26Cl2N4O2/c1-16-8-9-35(15-16)26-7-5-20(13-33-26)34-27-21-10-18(19-11-23(30)29(37)24(31)12-19)4-6-25(21)32-14-22(27)28(36)17-2-3-17/h4-7,10-14,16-17,37H,2-3,8-9,15H2,1H3,(H,32,34). The third-order valence-electron chi connectivity index (χ3n) is 7.20. The normalized spacial score (nSPS) is 17.4. The fourth-order valence-electron chi connectivity index (χ4n) is 4.93. The number of nitrogens with one attached hydrogen (secondary N) is 1. The van der Waals surface area contributed by atoms with Gasteiger partial charge in [-0.05, 0) is 72.7 Å². The molecule has 0 amide bonds. The van der Waals surface area contributed by atoms with E-state index >= 15 is 0 Å². The van der Waals surface area contributed by atoms with Gasteiger partial charge >= 0.3 is 0 Å². The molecule has 1 saturated carbocycles. The van der Waals surface area contributed by atoms with Gasteiger partial charge in [-0.1, -0.05) is 36.2 Å². The highest BCUT2D eigenvalue weighted by Gasteiger charge is 2.32. The Kier molecular flexibility index (Phi) is 6.17. The molecule has 2 aromatic heterocycles. The molecule has 4 aromatic rings. The van der Waals surface area contributed by atoms with Gasteiger partial charge in [0.15, 0.2) is 11.5 Å². The molecule has 0 bridgehead atoms. The number of benzene rings is 2. The Bertz CT molecular complexity index is 1500. The van der Waals surface area contributed by atoms with E-state index < -0.39 is 0 Å². The lowest BCUT2D eigenvalue weighted by atomic mass is 9.99. The number of fused-ring (bicyclic) bond motifs is 1. The number of halogens is 2. The third-order valence-corrected chi connectivity index (χ3v) is 7.77. The Labute approximate surface area is 225 Å². The SMILES string of the molecule is CC1CCN(c2ccc(Nc3c(C(=O)C4CC4)cnc4ccc(-c5cc(Cl)c(O)c(Cl)c5)cc34)cn2)C1. The molecular weight excluding hydrogens is 507 g/mol. The summed E-state index contributed by atoms with van der Waals surface area (Å²) in [4.78, 5) is 24.8. The largest absolute Gasteiger partial charge is 0.505 e. The molecule has 2 aliphatic rings. The van der Waals surface area contributed by atoms with Crippen molar-refractivity contribution in [3.63, 3.8) is 0 Å². The second-order valence-corrected chi connectivity index (χ2v) is 10.9. The van der Waals surface area contributed by atoms with Crippen LogP contribution in [0.25, 0.3) is 22.0 Å². The van der Waals surface area contributed by atoms with Gasteiger partial charge in [0, 0.05) is 30.6 Å². The van der Waals surface area contributed by atoms with E-state index in [2.05, 4.69) is 22.1 Å². The monoisotopic (exact) mass is 532 g/mol. The predicted octanol–water partition coefficient (Wildman–Crippen LogP) is 7.49. The second kappa shape index (κ2) is 9.51. The van der Waals surface area contributed by atoms with Crippen molar-refractivity contribution in [2.75, 3.05) is 23.3 Å². The van der Waals surface area contributed by atoms with Crippen LogP contribution in [0.4, 0.5) is 17.2 Å². The van der Waals surface area contributed by atoms with Crippen LogP contribution in [0.5, 0.6) is 5.75 Å². The molecule has 1 aliphatic heterocycles. The fourth-order valence-corrected chi connectivity index (χ4v) is 5.41. The zero-order chi connectivity index (χ0) is 25.7. The minimum absolute atomic E-state index is 0.0513. The van der Waals surface area contributed by atoms with E-state index in [-0.39, 0.29) is 27.5 Å². The molecule has 2 fully saturated rings. The molecule has 3 heterocycles. The highest BCUT2D eigenvalue weighted by Crippen LogP contribution is 2.40. The number of hydrogen-bond acceptors (Lipinski definition) is 6. The summed E-state index contributed by atoms with van der Waals surface area (Å²) in [6, 6.07) is 13.2. The van der Waals surface area contributed by atoms with Gasteiger partial charge in [0.1, 0.15) is 5.82 Å². The van der Waals surface area contributed by atoms with Gasteiger partial charge in [-0.15, -0.1) is 0 Å². The van der Waals surface area contributed by atoms with Crippen LogP contribution in [0, 0.1) is 11.8 Å². The summed E-state index contributed by atoms with van der Waals surface area (Å²) in [6.45, 7) is 4.30. The van der Waals surface area contributed by atoms with Crippen LogP contribution in [0.1, 0.15) is 36.5 Å². The van der Waals surface area contributed by atoms with Crippen LogP contribution < -0.4 is 10.2 Å². The van der Waals surface area contributed by atoms with E-state index in [1.54, 1.807) is 18.3 Å². The van der Waals surface area contributed by atoms with Crippen molar-refractivity contribution in [2.45, 2.75) is 26.2 Å². The van der Waals surface area contributed by atoms with Gasteiger partial charge in [0.05, 0.1) is 38.7 Å². The fraction of sp³-hybridized carbons (Fsp3) is 0.276. The van der Waals surface area contributed by atoms with E-state index in [0.717, 1.165) is 59.5 Å². The minimum atomic E-state index is -0.145. The smallest absolute Gasteiger partial charge is 0.169 e. The summed E-state index contributed by atoms with van der Waals surface area (Å²) in [5, 5.41) is 14.6. The Morgan fingerprint density at radius 2 is 1.78 bits per heavy atom. The van der Waals surface area contributed by atoms with E-state index in [1.807, 2.05) is 36.5 Å². The number of carbonyl (C=O) groups is 1. The maximum atomic E-state index is 13.2. The van der Waals surface area contributed by atoms with Crippen molar-refractivity contribution in [3.8, 4) is 16.9 Å². The van der Waals surface area contributed by atoms with Crippen molar-refractivity contribution in [3.05, 3.63) is 70.5 Å². The van der Waals surface area contributed by atoms with Crippen LogP contribution in [-0.2, 0) is 0 Å². The van der Waals surface area contributed by atoms with E-state index in [4.69, 9.17) is 28.2 Å². The maximum Gasteiger partial charge on any atom is 0.169 e. The summed E-state index contributed by atoms with van der Waals surface area (Å²) >= 11 is 12.4. The molecule has 1 saturated heterocycles. The van der Waals surface area contributed by atoms with Crippen LogP contribution in [-0.4, -0.2) is 33.9 Å². The quantitative estimate of drug-likeness (QED) is 0.250. The molecule has 1 aliphatic carbocycles. The van der Waals surface area contributed by atoms with Gasteiger partial charge < -0.3 is 15.3 Å². The van der Waals surface area contributed by atoms with Crippen molar-refractivity contribution in [2.24, 2.45) is 11.8 Å². The van der Waals surface area contributed by atoms with Gasteiger partial charge in [0.25, 0.3) is 0 Å². The van der Waals surface area contributed by atoms with E-state index in [1.165, 1.54) is 6.42 Å². The topological polar surface area (TPSA) is 78.4 Å². The first-order valence-corrected chi connectivity index (χ1v) is 13.3. The molecule has 2 N–H and O–H groups in total. The second-order valence-electron chi connectivity index (χ2n) is 10.1. The number of ketones is 1. The number of pyridine rings is 2. The zero-order valence-corrected chi connectivity index (χ0v) is 21.9. The minimum Gasteiger partial charge on any atom is -0.505 e. The van der Waals surface area contributed by atoms with Gasteiger partial charge in [-0.3, -0.25) is 9.78 Å². The molecular formula is C29H26Cl2N4O2. The Morgan fingerprint density at radius 1 is 1.00 bits per heavy atom. The molecule has 1 atom stereocenters. The van der Waals surface area contributed by atoms with E-state index in [9.17, 15) is 9.90 Å². The molecule has 1 unspecified atom stereocenters. The molecule has 188 valence electrons. The number of hydrogen-bond donors (Lipinski definition) is 2. The molecule has 8 heteroatoms. The number of rotatable bonds is 6. The van der Waals surface area contributed by atoms with Gasteiger partial charge in [-0.25, -0.2) is 4.98 Å². The van der Waals surface area contributed by atoms with Gasteiger partial charge in [-0.2, -0.15) is 0 Å². The van der Waals surface area contributed by atoms with Crippen molar-refractivity contribution >= 4 is 57.1 Å². The summed E-state index contributed by atoms with van der Waals surface area (Å²) in [6.07, 6.45) is 6.49. The lowest BCUT2D eigenvalue weighted by Crippen LogP contribution is -2.20. The Morgan fingerprint density at radius 3 is 2.43 bits per heavy atom. The Hall–Kier alpha value is -3.35. The van der Waals surface area contributed by atoms with Crippen molar-refractivity contribution in [1.82, 2.24) is 9.97 Å². The third kappa shape index (κ3) is 4.72. The van der Waals surface area contributed by atoms with Crippen LogP contribution in [0.2, 0.25) is 10.0 Å². The highest BCUT2D eigenvalue weighted by atomic mass is 35.5. The number of aromatic nitrogens is 2. The number of Topliss-reactive ketones (excluding diaryl/α,β-unsaturated/α-hetero) is 1. The van der Waals surface area contributed by atoms with Crippen LogP contribution >= 0.6 is 23.2 Å². The molecule has 0 radical (unpaired) electrons. The predicted molar refractivity (Wildman–Crippen MR) is 149 cm³/mol. The van der Waals surface area contributed by atoms with Crippen LogP contribution in [0.15, 0.2) is 54.9 Å². The number of anilines is 3. The summed E-state index contributed by atoms with van der Waals surface area (Å²) in [7, 11) is 0. The Balaban J connectivity index is 1.42. The van der Waals surface area contributed by atoms with Crippen molar-refractivity contribution < 1.29 is 9.90 Å².